The van der Waals surface area contributed by atoms with E-state index in [1.807, 2.05) is 0 Å². The zero-order chi connectivity index (χ0) is 15.6. The lowest BCUT2D eigenvalue weighted by molar-refractivity contribution is 0.222. The SMILES string of the molecule is C/C1=C\[C@H](O)C/C(C)=C/C[C@@]2(C)CC=C(C(C)C)[C@@H]2CC1. The average Bonchev–Trinajstić information content (AvgIpc) is 2.70. The summed E-state index contributed by atoms with van der Waals surface area (Å²) >= 11 is 0. The Bertz CT molecular complexity index is 466. The highest BCUT2D eigenvalue weighted by atomic mass is 16.3. The van der Waals surface area contributed by atoms with Crippen LogP contribution in [0.3, 0.4) is 0 Å². The molecule has 2 rings (SSSR count). The highest BCUT2D eigenvalue weighted by Gasteiger charge is 2.39. The zero-order valence-electron chi connectivity index (χ0n) is 14.4. The van der Waals surface area contributed by atoms with Crippen molar-refractivity contribution in [2.75, 3.05) is 0 Å². The van der Waals surface area contributed by atoms with Crippen LogP contribution in [-0.2, 0) is 0 Å². The molecule has 0 bridgehead atoms. The molecule has 0 aromatic rings. The summed E-state index contributed by atoms with van der Waals surface area (Å²) in [5, 5.41) is 10.1. The normalized spacial score (nSPS) is 39.7. The number of allylic oxidation sites excluding steroid dienone is 4. The maximum atomic E-state index is 10.1. The van der Waals surface area contributed by atoms with Gasteiger partial charge in [0.15, 0.2) is 0 Å². The van der Waals surface area contributed by atoms with Crippen molar-refractivity contribution >= 4 is 0 Å². The Balaban J connectivity index is 2.29. The van der Waals surface area contributed by atoms with Gasteiger partial charge in [-0.25, -0.2) is 0 Å². The van der Waals surface area contributed by atoms with Crippen LogP contribution >= 0.6 is 0 Å². The molecule has 0 unspecified atom stereocenters. The Morgan fingerprint density at radius 1 is 1.14 bits per heavy atom. The van der Waals surface area contributed by atoms with Crippen LogP contribution in [0.2, 0.25) is 0 Å². The topological polar surface area (TPSA) is 20.2 Å². The largest absolute Gasteiger partial charge is 0.389 e. The van der Waals surface area contributed by atoms with Gasteiger partial charge in [0.1, 0.15) is 0 Å². The van der Waals surface area contributed by atoms with Gasteiger partial charge in [-0.05, 0) is 63.2 Å². The average molecular weight is 288 g/mol. The van der Waals surface area contributed by atoms with Gasteiger partial charge in [0.05, 0.1) is 6.10 Å². The quantitative estimate of drug-likeness (QED) is 0.638. The molecule has 0 fully saturated rings. The highest BCUT2D eigenvalue weighted by molar-refractivity contribution is 5.23. The van der Waals surface area contributed by atoms with Crippen molar-refractivity contribution in [2.24, 2.45) is 17.3 Å². The smallest absolute Gasteiger partial charge is 0.0760 e. The van der Waals surface area contributed by atoms with E-state index < -0.39 is 0 Å². The van der Waals surface area contributed by atoms with E-state index in [4.69, 9.17) is 0 Å². The van der Waals surface area contributed by atoms with E-state index in [9.17, 15) is 5.11 Å². The predicted molar refractivity (Wildman–Crippen MR) is 91.1 cm³/mol. The minimum Gasteiger partial charge on any atom is -0.389 e. The van der Waals surface area contributed by atoms with Crippen molar-refractivity contribution < 1.29 is 5.11 Å². The molecule has 0 radical (unpaired) electrons. The molecule has 3 atom stereocenters. The summed E-state index contributed by atoms with van der Waals surface area (Å²) in [6.07, 6.45) is 12.1. The van der Waals surface area contributed by atoms with Crippen molar-refractivity contribution in [3.05, 3.63) is 34.9 Å². The second kappa shape index (κ2) is 6.52. The third-order valence-corrected chi connectivity index (χ3v) is 5.47. The molecular formula is C20H32O. The number of aliphatic hydroxyl groups is 1. The Morgan fingerprint density at radius 3 is 2.48 bits per heavy atom. The van der Waals surface area contributed by atoms with Crippen LogP contribution in [-0.4, -0.2) is 11.2 Å². The monoisotopic (exact) mass is 288 g/mol. The molecule has 0 amide bonds. The minimum atomic E-state index is -0.313. The fraction of sp³-hybridized carbons (Fsp3) is 0.700. The molecule has 2 aliphatic rings. The summed E-state index contributed by atoms with van der Waals surface area (Å²) in [6.45, 7) is 11.5. The molecule has 0 aromatic heterocycles. The van der Waals surface area contributed by atoms with Crippen LogP contribution in [0, 0.1) is 17.3 Å². The first-order valence-corrected chi connectivity index (χ1v) is 8.53. The van der Waals surface area contributed by atoms with E-state index in [0.29, 0.717) is 17.3 Å². The van der Waals surface area contributed by atoms with E-state index in [0.717, 1.165) is 19.3 Å². The lowest BCUT2D eigenvalue weighted by Gasteiger charge is -2.34. The van der Waals surface area contributed by atoms with Crippen molar-refractivity contribution in [3.63, 3.8) is 0 Å². The van der Waals surface area contributed by atoms with Gasteiger partial charge in [-0.1, -0.05) is 55.7 Å². The molecule has 21 heavy (non-hydrogen) atoms. The van der Waals surface area contributed by atoms with Crippen LogP contribution in [0.5, 0.6) is 0 Å². The summed E-state index contributed by atoms with van der Waals surface area (Å²) in [5.41, 5.74) is 4.70. The van der Waals surface area contributed by atoms with Gasteiger partial charge in [0.25, 0.3) is 0 Å². The molecular weight excluding hydrogens is 256 g/mol. The number of rotatable bonds is 1. The van der Waals surface area contributed by atoms with Crippen molar-refractivity contribution in [1.82, 2.24) is 0 Å². The van der Waals surface area contributed by atoms with Gasteiger partial charge >= 0.3 is 0 Å². The van der Waals surface area contributed by atoms with Crippen molar-refractivity contribution in [1.29, 1.82) is 0 Å². The van der Waals surface area contributed by atoms with Crippen LogP contribution in [0.25, 0.3) is 0 Å². The summed E-state index contributed by atoms with van der Waals surface area (Å²) < 4.78 is 0. The third-order valence-electron chi connectivity index (χ3n) is 5.47. The molecule has 118 valence electrons. The number of aliphatic hydroxyl groups excluding tert-OH is 1. The summed E-state index contributed by atoms with van der Waals surface area (Å²) in [7, 11) is 0. The van der Waals surface area contributed by atoms with Gasteiger partial charge in [0.2, 0.25) is 0 Å². The Morgan fingerprint density at radius 2 is 1.81 bits per heavy atom. The standard InChI is InChI=1S/C20H32O/c1-14(2)18-9-11-20(5)10-8-16(4)13-17(21)12-15(3)6-7-19(18)20/h8-9,12,14,17,19,21H,6-7,10-11,13H2,1-5H3/b15-12+,16-8+/t17-,19-,20-/m0/s1. The Hall–Kier alpha value is -0.820. The first kappa shape index (κ1) is 16.5. The molecule has 0 saturated carbocycles. The first-order valence-electron chi connectivity index (χ1n) is 8.53. The fourth-order valence-electron chi connectivity index (χ4n) is 4.08. The second-order valence-corrected chi connectivity index (χ2v) is 7.85. The Labute approximate surface area is 130 Å². The number of fused-ring (bicyclic) bond motifs is 1. The van der Waals surface area contributed by atoms with Crippen molar-refractivity contribution in [3.8, 4) is 0 Å². The third kappa shape index (κ3) is 3.88. The second-order valence-electron chi connectivity index (χ2n) is 7.85. The van der Waals surface area contributed by atoms with E-state index in [1.165, 1.54) is 24.0 Å². The maximum absolute atomic E-state index is 10.1. The summed E-state index contributed by atoms with van der Waals surface area (Å²) in [5.74, 6) is 1.35. The lowest BCUT2D eigenvalue weighted by atomic mass is 9.70. The number of hydrogen-bond acceptors (Lipinski definition) is 1. The van der Waals surface area contributed by atoms with E-state index >= 15 is 0 Å². The van der Waals surface area contributed by atoms with Gasteiger partial charge < -0.3 is 5.11 Å². The molecule has 0 aliphatic heterocycles. The number of hydrogen-bond donors (Lipinski definition) is 1. The molecule has 0 saturated heterocycles. The van der Waals surface area contributed by atoms with Crippen LogP contribution < -0.4 is 0 Å². The van der Waals surface area contributed by atoms with Crippen LogP contribution in [0.4, 0.5) is 0 Å². The van der Waals surface area contributed by atoms with Gasteiger partial charge in [-0.15, -0.1) is 0 Å². The molecule has 1 N–H and O–H groups in total. The predicted octanol–water partition coefficient (Wildman–Crippen LogP) is 5.42. The van der Waals surface area contributed by atoms with Crippen molar-refractivity contribution in [2.45, 2.75) is 72.8 Å². The molecule has 1 heteroatoms. The van der Waals surface area contributed by atoms with E-state index in [1.54, 1.807) is 5.57 Å². The lowest BCUT2D eigenvalue weighted by Crippen LogP contribution is -2.25. The summed E-state index contributed by atoms with van der Waals surface area (Å²) in [6, 6.07) is 0. The zero-order valence-corrected chi connectivity index (χ0v) is 14.4. The van der Waals surface area contributed by atoms with Crippen LogP contribution in [0.15, 0.2) is 34.9 Å². The highest BCUT2D eigenvalue weighted by Crippen LogP contribution is 2.50. The van der Waals surface area contributed by atoms with Gasteiger partial charge in [-0.3, -0.25) is 0 Å². The first-order chi connectivity index (χ1) is 9.82. The van der Waals surface area contributed by atoms with Gasteiger partial charge in [0, 0.05) is 0 Å². The Kier molecular flexibility index (Phi) is 5.14. The molecule has 2 aliphatic carbocycles. The van der Waals surface area contributed by atoms with Gasteiger partial charge in [-0.2, -0.15) is 0 Å². The van der Waals surface area contributed by atoms with E-state index in [-0.39, 0.29) is 6.10 Å². The maximum Gasteiger partial charge on any atom is 0.0760 e. The van der Waals surface area contributed by atoms with Crippen LogP contribution in [0.1, 0.15) is 66.7 Å². The minimum absolute atomic E-state index is 0.313. The molecule has 0 heterocycles. The summed E-state index contributed by atoms with van der Waals surface area (Å²) in [4.78, 5) is 0. The molecule has 0 spiro atoms. The fourth-order valence-corrected chi connectivity index (χ4v) is 4.08. The molecule has 1 nitrogen and oxygen atoms in total. The molecule has 0 aromatic carbocycles. The van der Waals surface area contributed by atoms with E-state index in [2.05, 4.69) is 52.8 Å².